The molecule has 0 fully saturated rings. The molecule has 106 valence electrons. The lowest BCUT2D eigenvalue weighted by Gasteiger charge is -2.18. The highest BCUT2D eigenvalue weighted by atomic mass is 16.5. The normalized spacial score (nSPS) is 12.0. The summed E-state index contributed by atoms with van der Waals surface area (Å²) in [5, 5.41) is 0. The van der Waals surface area contributed by atoms with Crippen molar-refractivity contribution in [1.82, 2.24) is 4.90 Å². The van der Waals surface area contributed by atoms with Gasteiger partial charge in [0.1, 0.15) is 5.75 Å². The van der Waals surface area contributed by atoms with E-state index in [1.54, 1.807) is 12.0 Å². The maximum atomic E-state index is 11.9. The minimum atomic E-state index is 0.136. The molecule has 0 aliphatic heterocycles. The summed E-state index contributed by atoms with van der Waals surface area (Å²) >= 11 is 0. The van der Waals surface area contributed by atoms with E-state index in [2.05, 4.69) is 0 Å². The molecule has 0 aromatic heterocycles. The third kappa shape index (κ3) is 5.75. The van der Waals surface area contributed by atoms with Crippen LogP contribution in [0.3, 0.4) is 0 Å². The summed E-state index contributed by atoms with van der Waals surface area (Å²) in [6, 6.07) is 7.96. The molecule has 0 aliphatic rings. The minimum Gasteiger partial charge on any atom is -0.497 e. The van der Waals surface area contributed by atoms with Crippen LogP contribution in [0.4, 0.5) is 0 Å². The van der Waals surface area contributed by atoms with Crippen LogP contribution >= 0.6 is 0 Å². The molecule has 0 saturated heterocycles. The van der Waals surface area contributed by atoms with E-state index in [1.807, 2.05) is 38.2 Å². The monoisotopic (exact) mass is 264 g/mol. The number of carbonyl (C=O) groups excluding carboxylic acids is 1. The molecule has 0 aliphatic carbocycles. The van der Waals surface area contributed by atoms with Crippen LogP contribution in [0.2, 0.25) is 0 Å². The van der Waals surface area contributed by atoms with Crippen LogP contribution in [0, 0.1) is 0 Å². The summed E-state index contributed by atoms with van der Waals surface area (Å²) in [4.78, 5) is 13.7. The lowest BCUT2D eigenvalue weighted by atomic mass is 10.1. The van der Waals surface area contributed by atoms with Gasteiger partial charge in [-0.2, -0.15) is 0 Å². The molecule has 1 aromatic carbocycles. The van der Waals surface area contributed by atoms with Gasteiger partial charge in [-0.25, -0.2) is 0 Å². The summed E-state index contributed by atoms with van der Waals surface area (Å²) in [5.74, 6) is 1.00. The lowest BCUT2D eigenvalue weighted by Crippen LogP contribution is -2.31. The third-order valence-electron chi connectivity index (χ3n) is 3.13. The second kappa shape index (κ2) is 7.79. The molecule has 0 bridgehead atoms. The number of methoxy groups -OCH3 is 1. The Bertz CT molecular complexity index is 388. The molecule has 4 heteroatoms. The first-order chi connectivity index (χ1) is 9.02. The molecule has 1 rings (SSSR count). The predicted molar refractivity (Wildman–Crippen MR) is 77.2 cm³/mol. The zero-order valence-corrected chi connectivity index (χ0v) is 12.1. The van der Waals surface area contributed by atoms with Gasteiger partial charge in [-0.3, -0.25) is 4.79 Å². The first-order valence-electron chi connectivity index (χ1n) is 6.65. The van der Waals surface area contributed by atoms with Crippen molar-refractivity contribution in [2.75, 3.05) is 20.7 Å². The lowest BCUT2D eigenvalue weighted by molar-refractivity contribution is -0.129. The van der Waals surface area contributed by atoms with Gasteiger partial charge in [0.2, 0.25) is 5.91 Å². The Hall–Kier alpha value is -1.55. The van der Waals surface area contributed by atoms with Crippen LogP contribution in [-0.4, -0.2) is 37.6 Å². The highest BCUT2D eigenvalue weighted by Crippen LogP contribution is 2.13. The number of nitrogens with zero attached hydrogens (tertiary/aromatic N) is 1. The molecule has 0 saturated carbocycles. The summed E-state index contributed by atoms with van der Waals surface area (Å²) in [6.45, 7) is 2.68. The fourth-order valence-electron chi connectivity index (χ4n) is 1.76. The summed E-state index contributed by atoms with van der Waals surface area (Å²) in [6.07, 6.45) is 2.12. The van der Waals surface area contributed by atoms with Crippen LogP contribution in [0.5, 0.6) is 5.75 Å². The van der Waals surface area contributed by atoms with E-state index < -0.39 is 0 Å². The van der Waals surface area contributed by atoms with Crippen LogP contribution in [0.25, 0.3) is 0 Å². The van der Waals surface area contributed by atoms with Crippen molar-refractivity contribution >= 4 is 5.91 Å². The topological polar surface area (TPSA) is 55.6 Å². The minimum absolute atomic E-state index is 0.136. The number of carbonyl (C=O) groups is 1. The Morgan fingerprint density at radius 3 is 2.53 bits per heavy atom. The fourth-order valence-corrected chi connectivity index (χ4v) is 1.76. The molecular weight excluding hydrogens is 240 g/mol. The SMILES string of the molecule is COc1ccc(CCC(=O)N(C)CCC(C)N)cc1. The molecule has 1 aromatic rings. The average molecular weight is 264 g/mol. The van der Waals surface area contributed by atoms with Gasteiger partial charge in [-0.15, -0.1) is 0 Å². The van der Waals surface area contributed by atoms with E-state index >= 15 is 0 Å². The number of amides is 1. The van der Waals surface area contributed by atoms with E-state index in [0.717, 1.165) is 30.7 Å². The van der Waals surface area contributed by atoms with E-state index in [1.165, 1.54) is 0 Å². The second-order valence-corrected chi connectivity index (χ2v) is 4.93. The zero-order valence-electron chi connectivity index (χ0n) is 12.1. The van der Waals surface area contributed by atoms with Crippen LogP contribution in [0.1, 0.15) is 25.3 Å². The van der Waals surface area contributed by atoms with E-state index in [9.17, 15) is 4.79 Å². The molecule has 1 unspecified atom stereocenters. The van der Waals surface area contributed by atoms with E-state index in [4.69, 9.17) is 10.5 Å². The van der Waals surface area contributed by atoms with Crippen molar-refractivity contribution < 1.29 is 9.53 Å². The first-order valence-corrected chi connectivity index (χ1v) is 6.65. The highest BCUT2D eigenvalue weighted by Gasteiger charge is 2.09. The molecule has 1 amide bonds. The number of nitrogens with two attached hydrogens (primary N) is 1. The number of benzene rings is 1. The van der Waals surface area contributed by atoms with Gasteiger partial charge in [0.05, 0.1) is 7.11 Å². The Labute approximate surface area is 115 Å². The Balaban J connectivity index is 2.36. The van der Waals surface area contributed by atoms with Crippen LogP contribution in [-0.2, 0) is 11.2 Å². The number of rotatable bonds is 7. The van der Waals surface area contributed by atoms with E-state index in [-0.39, 0.29) is 11.9 Å². The van der Waals surface area contributed by atoms with Crippen molar-refractivity contribution in [3.05, 3.63) is 29.8 Å². The molecule has 2 N–H and O–H groups in total. The Morgan fingerprint density at radius 1 is 1.37 bits per heavy atom. The highest BCUT2D eigenvalue weighted by molar-refractivity contribution is 5.76. The predicted octanol–water partition coefficient (Wildman–Crippen LogP) is 1.82. The summed E-state index contributed by atoms with van der Waals surface area (Å²) in [7, 11) is 3.48. The number of ether oxygens (including phenoxy) is 1. The van der Waals surface area contributed by atoms with Gasteiger partial charge in [-0.1, -0.05) is 12.1 Å². The third-order valence-corrected chi connectivity index (χ3v) is 3.13. The van der Waals surface area contributed by atoms with Crippen LogP contribution < -0.4 is 10.5 Å². The molecule has 0 radical (unpaired) electrons. The van der Waals surface area contributed by atoms with Crippen molar-refractivity contribution in [3.8, 4) is 5.75 Å². The largest absolute Gasteiger partial charge is 0.497 e. The Kier molecular flexibility index (Phi) is 6.36. The van der Waals surface area contributed by atoms with Crippen molar-refractivity contribution in [3.63, 3.8) is 0 Å². The zero-order chi connectivity index (χ0) is 14.3. The number of aryl methyl sites for hydroxylation is 1. The van der Waals surface area contributed by atoms with Crippen molar-refractivity contribution in [2.45, 2.75) is 32.2 Å². The van der Waals surface area contributed by atoms with Gasteiger partial charge in [0, 0.05) is 26.1 Å². The summed E-state index contributed by atoms with van der Waals surface area (Å²) < 4.78 is 5.10. The van der Waals surface area contributed by atoms with Crippen LogP contribution in [0.15, 0.2) is 24.3 Å². The van der Waals surface area contributed by atoms with Gasteiger partial charge in [-0.05, 0) is 37.5 Å². The maximum absolute atomic E-state index is 11.9. The average Bonchev–Trinajstić information content (AvgIpc) is 2.42. The van der Waals surface area contributed by atoms with Gasteiger partial charge in [0.15, 0.2) is 0 Å². The Morgan fingerprint density at radius 2 is 2.00 bits per heavy atom. The van der Waals surface area contributed by atoms with E-state index in [0.29, 0.717) is 6.42 Å². The molecule has 1 atom stereocenters. The van der Waals surface area contributed by atoms with Gasteiger partial charge >= 0.3 is 0 Å². The smallest absolute Gasteiger partial charge is 0.222 e. The first kappa shape index (κ1) is 15.5. The van der Waals surface area contributed by atoms with Crippen molar-refractivity contribution in [2.24, 2.45) is 5.73 Å². The quantitative estimate of drug-likeness (QED) is 0.817. The fraction of sp³-hybridized carbons (Fsp3) is 0.533. The number of hydrogen-bond donors (Lipinski definition) is 1. The maximum Gasteiger partial charge on any atom is 0.222 e. The standard InChI is InChI=1S/C15H24N2O2/c1-12(16)10-11-17(2)15(18)9-6-13-4-7-14(19-3)8-5-13/h4-5,7-8,12H,6,9-11,16H2,1-3H3. The second-order valence-electron chi connectivity index (χ2n) is 4.93. The number of hydrogen-bond acceptors (Lipinski definition) is 3. The summed E-state index contributed by atoms with van der Waals surface area (Å²) in [5.41, 5.74) is 6.83. The molecule has 0 spiro atoms. The molecule has 0 heterocycles. The molecular formula is C15H24N2O2. The molecule has 4 nitrogen and oxygen atoms in total. The van der Waals surface area contributed by atoms with Gasteiger partial charge in [0.25, 0.3) is 0 Å². The van der Waals surface area contributed by atoms with Gasteiger partial charge < -0.3 is 15.4 Å². The van der Waals surface area contributed by atoms with Crippen molar-refractivity contribution in [1.29, 1.82) is 0 Å². The molecule has 19 heavy (non-hydrogen) atoms.